The molecule has 462 valence electrons. The second-order valence-electron chi connectivity index (χ2n) is 25.3. The van der Waals surface area contributed by atoms with E-state index in [-0.39, 0.29) is 16.5 Å². The van der Waals surface area contributed by atoms with Crippen LogP contribution in [-0.4, -0.2) is 4.92 Å². The summed E-state index contributed by atoms with van der Waals surface area (Å²) in [6.45, 7) is 24.4. The van der Waals surface area contributed by atoms with Gasteiger partial charge in [-0.15, -0.1) is 74.1 Å². The maximum Gasteiger partial charge on any atom is 0.270 e. The smallest absolute Gasteiger partial charge is 0.258 e. The summed E-state index contributed by atoms with van der Waals surface area (Å²) in [5, 5.41) is 11.5. The number of halogens is 1. The summed E-state index contributed by atoms with van der Waals surface area (Å²) in [5.74, 6) is 22.0. The van der Waals surface area contributed by atoms with Gasteiger partial charge in [0.25, 0.3) is 5.69 Å². The first-order chi connectivity index (χ1) is 44.4. The summed E-state index contributed by atoms with van der Waals surface area (Å²) < 4.78 is 0. The SMILES string of the molecule is C#CCC(C)C1C=Cc2cc(C)ccc21.C#CCC(C)C1C=Cc2cc(C)ccc21.C#CCC(C)C1C=Cc2cc(Cl)ccc21.C#CCC(C)C1C=Cc2cc([N+](=O)[O-])ccc21.C#CCC(C)C1C=Cc2ccccc21.[C-]#[N+]c1ccc2c(c1)C=CC2C(C)CC#C. The number of rotatable bonds is 13. The number of nitro groups is 1. The summed E-state index contributed by atoms with van der Waals surface area (Å²) in [6, 6.07) is 38.8. The average molecular weight is 1230 g/mol. The van der Waals surface area contributed by atoms with Crippen LogP contribution >= 0.6 is 11.6 Å². The zero-order valence-electron chi connectivity index (χ0n) is 54.6. The lowest BCUT2D eigenvalue weighted by atomic mass is 9.87. The molecule has 6 aromatic carbocycles. The highest BCUT2D eigenvalue weighted by molar-refractivity contribution is 6.30. The Bertz CT molecular complexity index is 3910. The lowest BCUT2D eigenvalue weighted by Crippen LogP contribution is -2.05. The van der Waals surface area contributed by atoms with Crippen molar-refractivity contribution in [1.82, 2.24) is 0 Å². The summed E-state index contributed by atoms with van der Waals surface area (Å²) in [5.41, 5.74) is 19.0. The van der Waals surface area contributed by atoms with E-state index >= 15 is 0 Å². The molecule has 0 fully saturated rings. The van der Waals surface area contributed by atoms with Crippen molar-refractivity contribution in [2.45, 2.75) is 129 Å². The lowest BCUT2D eigenvalue weighted by Gasteiger charge is -2.17. The highest BCUT2D eigenvalue weighted by atomic mass is 35.5. The second kappa shape index (κ2) is 33.9. The van der Waals surface area contributed by atoms with Gasteiger partial charge in [-0.25, -0.2) is 4.85 Å². The van der Waals surface area contributed by atoms with Gasteiger partial charge < -0.3 is 0 Å². The number of non-ortho nitro benzene ring substituents is 1. The predicted molar refractivity (Wildman–Crippen MR) is 392 cm³/mol. The summed E-state index contributed by atoms with van der Waals surface area (Å²) in [6.07, 6.45) is 63.1. The molecule has 0 heterocycles. The highest BCUT2D eigenvalue weighted by Crippen LogP contribution is 2.43. The van der Waals surface area contributed by atoms with E-state index in [1.54, 1.807) is 12.1 Å². The standard InChI is InChI=1S/C15H13N.2C15H16.C14H13Cl.C14H13NO2.C14H14/c1-4-5-11(2)14-8-6-12-10-13(16-3)7-9-15(12)14;2*1-4-5-12(3)14-9-7-13-10-11(2)6-8-15(13)14;1-3-4-10(2)13-7-5-11-9-12(15)6-8-14(11)13;1-3-4-10(2)13-7-5-11-9-12(15(16)17)6-8-14(11)13;1-3-6-11(2)13-10-9-12-7-4-5-8-14(12)13/h1,6-11,14H,5H2,2H3;2*1,6-10,12,14H,5H2,2-3H3;1,5-10,13H,4H2,2H3;1,5-10,13H,4H2,2H3;1,4-5,7-11,13H,6H2,2H3. The number of hydrogen-bond donors (Lipinski definition) is 0. The zero-order chi connectivity index (χ0) is 66.4. The van der Waals surface area contributed by atoms with Gasteiger partial charge in [-0.3, -0.25) is 10.1 Å². The molecular formula is C87H85ClN2O2. The molecule has 12 unspecified atom stereocenters. The quantitative estimate of drug-likeness (QED) is 0.0501. The van der Waals surface area contributed by atoms with E-state index in [2.05, 4.69) is 235 Å². The van der Waals surface area contributed by atoms with E-state index in [4.69, 9.17) is 56.7 Å². The van der Waals surface area contributed by atoms with Gasteiger partial charge >= 0.3 is 0 Å². The third-order valence-corrected chi connectivity index (χ3v) is 18.6. The van der Waals surface area contributed by atoms with Gasteiger partial charge in [0.15, 0.2) is 5.69 Å². The van der Waals surface area contributed by atoms with E-state index in [1.807, 2.05) is 36.4 Å². The van der Waals surface area contributed by atoms with Crippen LogP contribution in [0.5, 0.6) is 0 Å². The number of terminal acetylenes is 6. The molecule has 5 heteroatoms. The fourth-order valence-electron chi connectivity index (χ4n) is 13.2. The number of hydrogen-bond acceptors (Lipinski definition) is 2. The molecular weight excluding hydrogens is 1140 g/mol. The van der Waals surface area contributed by atoms with E-state index in [0.717, 1.165) is 48.3 Å². The first kappa shape index (κ1) is 69.8. The van der Waals surface area contributed by atoms with Crippen LogP contribution in [0.1, 0.15) is 193 Å². The number of nitrogens with zero attached hydrogens (tertiary/aromatic N) is 2. The number of fused-ring (bicyclic) bond motifs is 6. The van der Waals surface area contributed by atoms with Crippen molar-refractivity contribution in [3.8, 4) is 74.1 Å². The molecule has 0 spiro atoms. The van der Waals surface area contributed by atoms with Gasteiger partial charge in [-0.05, 0) is 134 Å². The Labute approximate surface area is 556 Å². The largest absolute Gasteiger partial charge is 0.270 e. The molecule has 12 atom stereocenters. The second-order valence-corrected chi connectivity index (χ2v) is 25.7. The van der Waals surface area contributed by atoms with Crippen molar-refractivity contribution in [3.05, 3.63) is 256 Å². The molecule has 92 heavy (non-hydrogen) atoms. The minimum absolute atomic E-state index is 0.138. The van der Waals surface area contributed by atoms with Gasteiger partial charge in [0.05, 0.1) is 11.5 Å². The fraction of sp³-hybridized carbons (Fsp3) is 0.299. The fourth-order valence-corrected chi connectivity index (χ4v) is 13.3. The van der Waals surface area contributed by atoms with Gasteiger partial charge in [0, 0.05) is 91.2 Å². The van der Waals surface area contributed by atoms with Crippen LogP contribution in [0.15, 0.2) is 152 Å². The van der Waals surface area contributed by atoms with E-state index in [9.17, 15) is 10.1 Å². The molecule has 0 bridgehead atoms. The molecule has 0 amide bonds. The first-order valence-corrected chi connectivity index (χ1v) is 32.4. The Balaban J connectivity index is 0.000000157. The molecule has 0 saturated heterocycles. The maximum absolute atomic E-state index is 10.7. The molecule has 12 rings (SSSR count). The Hall–Kier alpha value is -9.70. The lowest BCUT2D eigenvalue weighted by molar-refractivity contribution is -0.384. The minimum Gasteiger partial charge on any atom is -0.258 e. The number of allylic oxidation sites excluding steroid dienone is 6. The predicted octanol–water partition coefficient (Wildman–Crippen LogP) is 22.5. The van der Waals surface area contributed by atoms with Crippen molar-refractivity contribution in [2.24, 2.45) is 35.5 Å². The Morgan fingerprint density at radius 2 is 0.707 bits per heavy atom. The third-order valence-electron chi connectivity index (χ3n) is 18.4. The zero-order valence-corrected chi connectivity index (χ0v) is 55.4. The van der Waals surface area contributed by atoms with Crippen LogP contribution in [-0.2, 0) is 0 Å². The Morgan fingerprint density at radius 1 is 0.413 bits per heavy atom. The van der Waals surface area contributed by atoms with E-state index in [1.165, 1.54) is 66.8 Å². The molecule has 0 saturated carbocycles. The van der Waals surface area contributed by atoms with Crippen molar-refractivity contribution in [1.29, 1.82) is 0 Å². The van der Waals surface area contributed by atoms with Crippen LogP contribution in [0.3, 0.4) is 0 Å². The third kappa shape index (κ3) is 17.8. The molecule has 0 radical (unpaired) electrons. The topological polar surface area (TPSA) is 47.5 Å². The monoisotopic (exact) mass is 1220 g/mol. The van der Waals surface area contributed by atoms with Gasteiger partial charge in [-0.2, -0.15) is 0 Å². The Kier molecular flexibility index (Phi) is 25.7. The van der Waals surface area contributed by atoms with Gasteiger partial charge in [0.2, 0.25) is 0 Å². The number of aryl methyl sites for hydroxylation is 2. The van der Waals surface area contributed by atoms with E-state index in [0.29, 0.717) is 77.2 Å². The number of benzene rings is 6. The van der Waals surface area contributed by atoms with Crippen molar-refractivity contribution in [2.75, 3.05) is 0 Å². The van der Waals surface area contributed by atoms with Crippen LogP contribution in [0.2, 0.25) is 5.02 Å². The normalized spacial score (nSPS) is 19.3. The van der Waals surface area contributed by atoms with Crippen molar-refractivity contribution < 1.29 is 4.92 Å². The van der Waals surface area contributed by atoms with Gasteiger partial charge in [-0.1, -0.05) is 222 Å². The number of nitro benzene ring substituents is 1. The average Bonchev–Trinajstić information content (AvgIpc) is 1.99. The highest BCUT2D eigenvalue weighted by Gasteiger charge is 2.28. The molecule has 6 aliphatic carbocycles. The molecule has 0 N–H and O–H groups in total. The summed E-state index contributed by atoms with van der Waals surface area (Å²) >= 11 is 5.95. The Morgan fingerprint density at radius 3 is 1.07 bits per heavy atom. The summed E-state index contributed by atoms with van der Waals surface area (Å²) in [4.78, 5) is 13.7. The van der Waals surface area contributed by atoms with Crippen LogP contribution in [0.25, 0.3) is 41.3 Å². The summed E-state index contributed by atoms with van der Waals surface area (Å²) in [7, 11) is 0. The molecule has 6 aromatic rings. The van der Waals surface area contributed by atoms with E-state index < -0.39 is 0 Å². The first-order valence-electron chi connectivity index (χ1n) is 32.0. The van der Waals surface area contributed by atoms with Crippen LogP contribution in [0, 0.1) is 140 Å². The molecule has 6 aliphatic rings. The van der Waals surface area contributed by atoms with Crippen molar-refractivity contribution >= 4 is 59.4 Å². The minimum atomic E-state index is -0.369. The van der Waals surface area contributed by atoms with Crippen LogP contribution in [0.4, 0.5) is 11.4 Å². The van der Waals surface area contributed by atoms with Crippen molar-refractivity contribution in [3.63, 3.8) is 0 Å². The van der Waals surface area contributed by atoms with Gasteiger partial charge in [0.1, 0.15) is 0 Å². The molecule has 0 aliphatic heterocycles. The molecule has 0 aromatic heterocycles. The van der Waals surface area contributed by atoms with Crippen LogP contribution < -0.4 is 0 Å². The molecule has 4 nitrogen and oxygen atoms in total. The maximum atomic E-state index is 10.7.